The van der Waals surface area contributed by atoms with E-state index in [9.17, 15) is 13.2 Å². The fraction of sp³-hybridized carbons (Fsp3) is 0.154. The number of hydrogen-bond donors (Lipinski definition) is 1. The van der Waals surface area contributed by atoms with Gasteiger partial charge in [-0.1, -0.05) is 15.9 Å². The summed E-state index contributed by atoms with van der Waals surface area (Å²) < 4.78 is 39.1. The van der Waals surface area contributed by atoms with E-state index in [4.69, 9.17) is 0 Å². The van der Waals surface area contributed by atoms with Crippen molar-refractivity contribution >= 4 is 27.3 Å². The molecule has 0 amide bonds. The van der Waals surface area contributed by atoms with Crippen LogP contribution in [-0.2, 0) is 6.18 Å². The van der Waals surface area contributed by atoms with Crippen molar-refractivity contribution in [2.75, 3.05) is 5.32 Å². The van der Waals surface area contributed by atoms with Crippen molar-refractivity contribution in [2.24, 2.45) is 0 Å². The Balaban J connectivity index is 2.37. The van der Waals surface area contributed by atoms with Crippen LogP contribution < -0.4 is 5.32 Å². The zero-order valence-corrected chi connectivity index (χ0v) is 11.5. The van der Waals surface area contributed by atoms with E-state index in [0.717, 1.165) is 11.8 Å². The summed E-state index contributed by atoms with van der Waals surface area (Å²) in [5, 5.41) is 2.73. The van der Waals surface area contributed by atoms with Crippen LogP contribution in [-0.4, -0.2) is 4.98 Å². The van der Waals surface area contributed by atoms with Gasteiger partial charge in [0.1, 0.15) is 0 Å². The van der Waals surface area contributed by atoms with Crippen molar-refractivity contribution in [2.45, 2.75) is 13.1 Å². The van der Waals surface area contributed by atoms with Gasteiger partial charge in [-0.15, -0.1) is 0 Å². The van der Waals surface area contributed by atoms with Crippen LogP contribution in [0.3, 0.4) is 0 Å². The molecular formula is C13H10BrF3N2. The fourth-order valence-electron chi connectivity index (χ4n) is 1.56. The summed E-state index contributed by atoms with van der Waals surface area (Å²) in [6.45, 7) is 1.81. The van der Waals surface area contributed by atoms with Crippen molar-refractivity contribution < 1.29 is 13.2 Å². The zero-order chi connectivity index (χ0) is 14.0. The topological polar surface area (TPSA) is 24.9 Å². The van der Waals surface area contributed by atoms with Gasteiger partial charge in [0, 0.05) is 10.2 Å². The minimum atomic E-state index is -4.41. The Morgan fingerprint density at radius 2 is 1.89 bits per heavy atom. The minimum Gasteiger partial charge on any atom is -0.354 e. The first-order valence-electron chi connectivity index (χ1n) is 5.43. The molecule has 2 rings (SSSR count). The normalized spacial score (nSPS) is 11.4. The molecule has 0 atom stereocenters. The maximum Gasteiger partial charge on any atom is 0.418 e. The number of alkyl halides is 3. The first-order chi connectivity index (χ1) is 8.86. The average molecular weight is 331 g/mol. The van der Waals surface area contributed by atoms with Gasteiger partial charge in [-0.2, -0.15) is 13.2 Å². The second kappa shape index (κ2) is 5.21. The Kier molecular flexibility index (Phi) is 3.80. The Hall–Kier alpha value is -1.56. The molecule has 0 saturated heterocycles. The van der Waals surface area contributed by atoms with Crippen LogP contribution in [0.5, 0.6) is 0 Å². The van der Waals surface area contributed by atoms with Crippen LogP contribution >= 0.6 is 15.9 Å². The predicted octanol–water partition coefficient (Wildman–Crippen LogP) is 4.91. The molecule has 1 N–H and O–H groups in total. The molecule has 0 unspecified atom stereocenters. The number of hydrogen-bond acceptors (Lipinski definition) is 2. The second-order valence-corrected chi connectivity index (χ2v) is 4.92. The molecule has 19 heavy (non-hydrogen) atoms. The molecule has 100 valence electrons. The second-order valence-electron chi connectivity index (χ2n) is 4.00. The molecule has 0 fully saturated rings. The SMILES string of the molecule is Cc1ccc(Nc2ccc(Br)cc2C(F)(F)F)cn1. The highest BCUT2D eigenvalue weighted by molar-refractivity contribution is 9.10. The quantitative estimate of drug-likeness (QED) is 0.845. The lowest BCUT2D eigenvalue weighted by molar-refractivity contribution is -0.137. The third-order valence-electron chi connectivity index (χ3n) is 2.48. The zero-order valence-electron chi connectivity index (χ0n) is 9.92. The lowest BCUT2D eigenvalue weighted by Crippen LogP contribution is -2.09. The number of pyridine rings is 1. The Bertz CT molecular complexity index is 579. The highest BCUT2D eigenvalue weighted by Gasteiger charge is 2.33. The summed E-state index contributed by atoms with van der Waals surface area (Å²) in [4.78, 5) is 4.03. The highest BCUT2D eigenvalue weighted by atomic mass is 79.9. The molecule has 0 aliphatic carbocycles. The summed E-state index contributed by atoms with van der Waals surface area (Å²) in [6, 6.07) is 7.40. The van der Waals surface area contributed by atoms with Crippen LogP contribution in [0.4, 0.5) is 24.5 Å². The monoisotopic (exact) mass is 330 g/mol. The van der Waals surface area contributed by atoms with Crippen LogP contribution in [0.15, 0.2) is 41.0 Å². The molecule has 0 spiro atoms. The van der Waals surface area contributed by atoms with E-state index in [1.165, 1.54) is 12.3 Å². The van der Waals surface area contributed by atoms with Crippen LogP contribution in [0.25, 0.3) is 0 Å². The standard InChI is InChI=1S/C13H10BrF3N2/c1-8-2-4-10(7-18-8)19-12-5-3-9(14)6-11(12)13(15,16)17/h2-7,19H,1H3. The van der Waals surface area contributed by atoms with Gasteiger partial charge in [0.2, 0.25) is 0 Å². The molecule has 0 aliphatic heterocycles. The fourth-order valence-corrected chi connectivity index (χ4v) is 1.92. The number of benzene rings is 1. The molecule has 0 bridgehead atoms. The van der Waals surface area contributed by atoms with Gasteiger partial charge in [-0.05, 0) is 37.3 Å². The molecule has 0 saturated carbocycles. The van der Waals surface area contributed by atoms with E-state index < -0.39 is 11.7 Å². The van der Waals surface area contributed by atoms with E-state index in [-0.39, 0.29) is 5.69 Å². The van der Waals surface area contributed by atoms with Gasteiger partial charge in [0.05, 0.1) is 23.1 Å². The Morgan fingerprint density at radius 1 is 1.16 bits per heavy atom. The van der Waals surface area contributed by atoms with Gasteiger partial charge in [-0.25, -0.2) is 0 Å². The summed E-state index contributed by atoms with van der Waals surface area (Å²) >= 11 is 3.04. The summed E-state index contributed by atoms with van der Waals surface area (Å²) in [5.41, 5.74) is 0.597. The Morgan fingerprint density at radius 3 is 2.47 bits per heavy atom. The molecular weight excluding hydrogens is 321 g/mol. The molecule has 1 aromatic heterocycles. The number of halogens is 4. The van der Waals surface area contributed by atoms with Gasteiger partial charge in [0.25, 0.3) is 0 Å². The van der Waals surface area contributed by atoms with Gasteiger partial charge in [-0.3, -0.25) is 4.98 Å². The van der Waals surface area contributed by atoms with E-state index in [1.54, 1.807) is 18.2 Å². The van der Waals surface area contributed by atoms with Crippen molar-refractivity contribution in [3.8, 4) is 0 Å². The van der Waals surface area contributed by atoms with Crippen LogP contribution in [0, 0.1) is 6.92 Å². The van der Waals surface area contributed by atoms with E-state index in [1.807, 2.05) is 6.92 Å². The predicted molar refractivity (Wildman–Crippen MR) is 71.4 cm³/mol. The average Bonchev–Trinajstić information content (AvgIpc) is 2.33. The minimum absolute atomic E-state index is 0.00125. The van der Waals surface area contributed by atoms with Gasteiger partial charge in [0.15, 0.2) is 0 Å². The lowest BCUT2D eigenvalue weighted by atomic mass is 10.1. The first kappa shape index (κ1) is 13.9. The molecule has 2 nitrogen and oxygen atoms in total. The number of nitrogens with one attached hydrogen (secondary N) is 1. The largest absolute Gasteiger partial charge is 0.418 e. The van der Waals surface area contributed by atoms with Gasteiger partial charge >= 0.3 is 6.18 Å². The van der Waals surface area contributed by atoms with E-state index >= 15 is 0 Å². The van der Waals surface area contributed by atoms with Crippen LogP contribution in [0.1, 0.15) is 11.3 Å². The molecule has 2 aromatic rings. The molecule has 1 heterocycles. The van der Waals surface area contributed by atoms with Crippen molar-refractivity contribution in [1.29, 1.82) is 0 Å². The maximum absolute atomic E-state index is 12.9. The van der Waals surface area contributed by atoms with E-state index in [0.29, 0.717) is 10.2 Å². The lowest BCUT2D eigenvalue weighted by Gasteiger charge is -2.15. The van der Waals surface area contributed by atoms with Crippen LogP contribution in [0.2, 0.25) is 0 Å². The smallest absolute Gasteiger partial charge is 0.354 e. The third-order valence-corrected chi connectivity index (χ3v) is 2.97. The third kappa shape index (κ3) is 3.47. The number of nitrogens with zero attached hydrogens (tertiary/aromatic N) is 1. The summed E-state index contributed by atoms with van der Waals surface area (Å²) in [6.07, 6.45) is -2.91. The molecule has 0 radical (unpaired) electrons. The molecule has 1 aromatic carbocycles. The first-order valence-corrected chi connectivity index (χ1v) is 6.22. The summed E-state index contributed by atoms with van der Waals surface area (Å²) in [7, 11) is 0. The maximum atomic E-state index is 12.9. The number of aryl methyl sites for hydroxylation is 1. The van der Waals surface area contributed by atoms with Crippen molar-refractivity contribution in [3.63, 3.8) is 0 Å². The Labute approximate surface area is 116 Å². The van der Waals surface area contributed by atoms with Crippen molar-refractivity contribution in [3.05, 3.63) is 52.3 Å². The van der Waals surface area contributed by atoms with Crippen molar-refractivity contribution in [1.82, 2.24) is 4.98 Å². The number of anilines is 2. The van der Waals surface area contributed by atoms with E-state index in [2.05, 4.69) is 26.2 Å². The highest BCUT2D eigenvalue weighted by Crippen LogP contribution is 2.37. The number of aromatic nitrogens is 1. The molecule has 6 heteroatoms. The summed E-state index contributed by atoms with van der Waals surface area (Å²) in [5.74, 6) is 0. The van der Waals surface area contributed by atoms with Gasteiger partial charge < -0.3 is 5.32 Å². The molecule has 0 aliphatic rings. The number of rotatable bonds is 2.